The van der Waals surface area contributed by atoms with Crippen LogP contribution in [0.3, 0.4) is 0 Å². The third-order valence-electron chi connectivity index (χ3n) is 5.43. The Morgan fingerprint density at radius 3 is 2.09 bits per heavy atom. The first-order valence-electron chi connectivity index (χ1n) is 10.5. The number of benzene rings is 2. The van der Waals surface area contributed by atoms with Crippen molar-refractivity contribution in [2.45, 2.75) is 39.2 Å². The van der Waals surface area contributed by atoms with Gasteiger partial charge in [-0.25, -0.2) is 4.79 Å². The van der Waals surface area contributed by atoms with Crippen molar-refractivity contribution in [3.05, 3.63) is 60.0 Å². The van der Waals surface area contributed by atoms with Crippen molar-refractivity contribution in [2.24, 2.45) is 0 Å². The summed E-state index contributed by atoms with van der Waals surface area (Å²) in [4.78, 5) is 52.4. The summed E-state index contributed by atoms with van der Waals surface area (Å²) in [5, 5.41) is 2.23. The predicted octanol–water partition coefficient (Wildman–Crippen LogP) is 6.60. The molecule has 0 saturated carbocycles. The van der Waals surface area contributed by atoms with Crippen LogP contribution in [0.15, 0.2) is 18.2 Å². The standard InChI is InChI=1S/C23H19Cl5N2O5/c1-3-4-8-13(23(34)35-9-14(31)29-12-7-5-6-11(24)10(12)2)30-21(32)15-16(22(30)33)18(26)20(28)19(27)17(15)25/h5-7,13H,3-4,8-9H2,1-2H3,(H,29,31)/t13-/m0/s1. The van der Waals surface area contributed by atoms with E-state index in [0.717, 1.165) is 4.90 Å². The van der Waals surface area contributed by atoms with E-state index in [1.54, 1.807) is 25.1 Å². The third kappa shape index (κ3) is 5.39. The van der Waals surface area contributed by atoms with Gasteiger partial charge < -0.3 is 10.1 Å². The number of unbranched alkanes of at least 4 members (excludes halogenated alkanes) is 1. The summed E-state index contributed by atoms with van der Waals surface area (Å²) in [7, 11) is 0. The van der Waals surface area contributed by atoms with Gasteiger partial charge in [-0.15, -0.1) is 0 Å². The van der Waals surface area contributed by atoms with Gasteiger partial charge in [0.1, 0.15) is 6.04 Å². The summed E-state index contributed by atoms with van der Waals surface area (Å²) in [5.41, 5.74) is 0.630. The third-order valence-corrected chi connectivity index (χ3v) is 7.65. The summed E-state index contributed by atoms with van der Waals surface area (Å²) in [6.45, 7) is 2.95. The molecule has 186 valence electrons. The van der Waals surface area contributed by atoms with Crippen LogP contribution in [0.2, 0.25) is 25.1 Å². The summed E-state index contributed by atoms with van der Waals surface area (Å²) >= 11 is 30.5. The minimum Gasteiger partial charge on any atom is -0.454 e. The van der Waals surface area contributed by atoms with Crippen LogP contribution in [0.25, 0.3) is 0 Å². The predicted molar refractivity (Wildman–Crippen MR) is 136 cm³/mol. The van der Waals surface area contributed by atoms with E-state index in [1.165, 1.54) is 0 Å². The monoisotopic (exact) mass is 578 g/mol. The number of nitrogens with one attached hydrogen (secondary N) is 1. The summed E-state index contributed by atoms with van der Waals surface area (Å²) in [5.74, 6) is -3.26. The van der Waals surface area contributed by atoms with E-state index < -0.39 is 36.3 Å². The molecule has 0 spiro atoms. The molecule has 0 aliphatic carbocycles. The fourth-order valence-corrected chi connectivity index (χ4v) is 4.75. The van der Waals surface area contributed by atoms with Crippen LogP contribution in [-0.4, -0.2) is 41.2 Å². The van der Waals surface area contributed by atoms with Gasteiger partial charge in [0.05, 0.1) is 31.2 Å². The van der Waals surface area contributed by atoms with Gasteiger partial charge in [-0.2, -0.15) is 0 Å². The molecule has 7 nitrogen and oxygen atoms in total. The number of carbonyl (C=O) groups excluding carboxylic acids is 4. The number of esters is 1. The number of imide groups is 1. The molecule has 0 fully saturated rings. The van der Waals surface area contributed by atoms with Crippen molar-refractivity contribution in [1.29, 1.82) is 0 Å². The van der Waals surface area contributed by atoms with Crippen molar-refractivity contribution in [3.63, 3.8) is 0 Å². The second kappa shape index (κ2) is 11.4. The van der Waals surface area contributed by atoms with E-state index in [9.17, 15) is 19.2 Å². The maximum atomic E-state index is 13.2. The molecule has 2 aromatic carbocycles. The maximum absolute atomic E-state index is 13.2. The Balaban J connectivity index is 1.81. The van der Waals surface area contributed by atoms with Gasteiger partial charge in [0.2, 0.25) is 0 Å². The molecule has 12 heteroatoms. The van der Waals surface area contributed by atoms with E-state index >= 15 is 0 Å². The zero-order valence-corrected chi connectivity index (χ0v) is 22.3. The van der Waals surface area contributed by atoms with Crippen molar-refractivity contribution < 1.29 is 23.9 Å². The number of carbonyl (C=O) groups is 4. The van der Waals surface area contributed by atoms with Gasteiger partial charge in [-0.3, -0.25) is 19.3 Å². The van der Waals surface area contributed by atoms with Crippen LogP contribution in [0.5, 0.6) is 0 Å². The zero-order valence-electron chi connectivity index (χ0n) is 18.5. The highest BCUT2D eigenvalue weighted by Gasteiger charge is 2.47. The van der Waals surface area contributed by atoms with Gasteiger partial charge in [0.25, 0.3) is 17.7 Å². The fourth-order valence-electron chi connectivity index (χ4n) is 3.56. The lowest BCUT2D eigenvalue weighted by Crippen LogP contribution is -2.46. The molecule has 0 bridgehead atoms. The Morgan fingerprint density at radius 1 is 0.971 bits per heavy atom. The molecule has 3 amide bonds. The maximum Gasteiger partial charge on any atom is 0.329 e. The SMILES string of the molecule is CCCC[C@@H](C(=O)OCC(=O)Nc1cccc(Cl)c1C)N1C(=O)c2c(Cl)c(Cl)c(Cl)c(Cl)c2C1=O. The Hall–Kier alpha value is -2.03. The van der Waals surface area contributed by atoms with Gasteiger partial charge >= 0.3 is 5.97 Å². The lowest BCUT2D eigenvalue weighted by Gasteiger charge is -2.24. The zero-order chi connectivity index (χ0) is 26.0. The summed E-state index contributed by atoms with van der Waals surface area (Å²) in [6, 6.07) is 3.67. The van der Waals surface area contributed by atoms with Crippen LogP contribution < -0.4 is 5.32 Å². The van der Waals surface area contributed by atoms with Gasteiger partial charge in [0, 0.05) is 10.7 Å². The summed E-state index contributed by atoms with van der Waals surface area (Å²) < 4.78 is 5.17. The molecule has 1 heterocycles. The van der Waals surface area contributed by atoms with Crippen molar-refractivity contribution in [1.82, 2.24) is 4.90 Å². The van der Waals surface area contributed by atoms with Crippen LogP contribution in [-0.2, 0) is 14.3 Å². The highest BCUT2D eigenvalue weighted by atomic mass is 35.5. The molecule has 1 atom stereocenters. The normalized spacial score (nSPS) is 13.6. The highest BCUT2D eigenvalue weighted by molar-refractivity contribution is 6.55. The first-order valence-corrected chi connectivity index (χ1v) is 12.4. The van der Waals surface area contributed by atoms with E-state index in [4.69, 9.17) is 62.7 Å². The van der Waals surface area contributed by atoms with Gasteiger partial charge in [0.15, 0.2) is 6.61 Å². The number of hydrogen-bond acceptors (Lipinski definition) is 5. The van der Waals surface area contributed by atoms with Crippen LogP contribution in [0, 0.1) is 6.92 Å². The van der Waals surface area contributed by atoms with E-state index in [2.05, 4.69) is 5.32 Å². The smallest absolute Gasteiger partial charge is 0.329 e. The van der Waals surface area contributed by atoms with Crippen molar-refractivity contribution in [2.75, 3.05) is 11.9 Å². The lowest BCUT2D eigenvalue weighted by atomic mass is 10.1. The highest BCUT2D eigenvalue weighted by Crippen LogP contribution is 2.45. The minimum atomic E-state index is -1.31. The molecule has 1 aliphatic heterocycles. The number of halogens is 5. The minimum absolute atomic E-state index is 0.104. The fraction of sp³-hybridized carbons (Fsp3) is 0.304. The van der Waals surface area contributed by atoms with E-state index in [1.807, 2.05) is 6.92 Å². The molecule has 0 radical (unpaired) electrons. The number of fused-ring (bicyclic) bond motifs is 1. The Bertz CT molecular complexity index is 1190. The number of anilines is 1. The van der Waals surface area contributed by atoms with Crippen molar-refractivity contribution >= 4 is 87.4 Å². The Kier molecular flexibility index (Phi) is 8.94. The lowest BCUT2D eigenvalue weighted by molar-refractivity contribution is -0.151. The molecule has 2 aromatic rings. The van der Waals surface area contributed by atoms with Crippen molar-refractivity contribution in [3.8, 4) is 0 Å². The largest absolute Gasteiger partial charge is 0.454 e. The van der Waals surface area contributed by atoms with Crippen LogP contribution in [0.4, 0.5) is 5.69 Å². The molecule has 0 aromatic heterocycles. The van der Waals surface area contributed by atoms with Gasteiger partial charge in [-0.1, -0.05) is 83.8 Å². The number of amides is 3. The number of rotatable bonds is 8. The van der Waals surface area contributed by atoms with E-state index in [0.29, 0.717) is 29.1 Å². The van der Waals surface area contributed by atoms with Crippen LogP contribution in [0.1, 0.15) is 52.5 Å². The van der Waals surface area contributed by atoms with Gasteiger partial charge in [-0.05, 0) is 31.0 Å². The molecular weight excluding hydrogens is 562 g/mol. The summed E-state index contributed by atoms with van der Waals surface area (Å²) in [6.07, 6.45) is 1.26. The number of ether oxygens (including phenoxy) is 1. The second-order valence-electron chi connectivity index (χ2n) is 7.71. The first kappa shape index (κ1) is 27.6. The Morgan fingerprint density at radius 2 is 1.54 bits per heavy atom. The second-order valence-corrected chi connectivity index (χ2v) is 9.63. The first-order chi connectivity index (χ1) is 16.5. The molecule has 35 heavy (non-hydrogen) atoms. The number of hydrogen-bond donors (Lipinski definition) is 1. The quantitative estimate of drug-likeness (QED) is 0.164. The van der Waals surface area contributed by atoms with Crippen LogP contribution >= 0.6 is 58.0 Å². The molecular formula is C23H19Cl5N2O5. The topological polar surface area (TPSA) is 92.8 Å². The molecule has 1 N–H and O–H groups in total. The molecule has 3 rings (SSSR count). The molecule has 0 saturated heterocycles. The Labute approximate surface area is 226 Å². The van der Waals surface area contributed by atoms with E-state index in [-0.39, 0.29) is 37.6 Å². The number of nitrogens with zero attached hydrogens (tertiary/aromatic N) is 1. The molecule has 0 unspecified atom stereocenters. The average molecular weight is 581 g/mol. The molecule has 1 aliphatic rings. The average Bonchev–Trinajstić information content (AvgIpc) is 3.08.